The van der Waals surface area contributed by atoms with Gasteiger partial charge in [0, 0.05) is 45.1 Å². The van der Waals surface area contributed by atoms with Gasteiger partial charge in [0.1, 0.15) is 5.82 Å². The van der Waals surface area contributed by atoms with Crippen LogP contribution in [0.4, 0.5) is 0 Å². The molecule has 0 aliphatic carbocycles. The maximum Gasteiger partial charge on any atom is 0.160 e. The Hall–Kier alpha value is -8.02. The molecule has 3 aromatic heterocycles. The van der Waals surface area contributed by atoms with Crippen LogP contribution in [0, 0.1) is 0 Å². The van der Waals surface area contributed by atoms with Crippen LogP contribution >= 0.6 is 0 Å². The summed E-state index contributed by atoms with van der Waals surface area (Å²) in [6, 6.07) is 72.2. The smallest absolute Gasteiger partial charge is 0.160 e. The van der Waals surface area contributed by atoms with Gasteiger partial charge in [-0.1, -0.05) is 171 Å². The summed E-state index contributed by atoms with van der Waals surface area (Å²) in [4.78, 5) is 21.2. The number of hydrogen-bond donors (Lipinski definition) is 0. The molecule has 0 N–H and O–H groups in total. The van der Waals surface area contributed by atoms with Gasteiger partial charge in [-0.2, -0.15) is 0 Å². The highest BCUT2D eigenvalue weighted by Gasteiger charge is 2.20. The lowest BCUT2D eigenvalue weighted by molar-refractivity contribution is 0.908. The van der Waals surface area contributed by atoms with Crippen molar-refractivity contribution in [2.24, 2.45) is 0 Å². The summed E-state index contributed by atoms with van der Waals surface area (Å²) in [5, 5.41) is 3.30. The predicted molar refractivity (Wildman–Crippen MR) is 251 cm³/mol. The van der Waals surface area contributed by atoms with Crippen LogP contribution in [-0.2, 0) is 6.42 Å². The van der Waals surface area contributed by atoms with Crippen molar-refractivity contribution in [2.45, 2.75) is 13.3 Å². The third kappa shape index (κ3) is 6.63. The average molecular weight is 782 g/mol. The van der Waals surface area contributed by atoms with E-state index in [0.717, 1.165) is 112 Å². The minimum Gasteiger partial charge on any atom is -0.296 e. The first-order valence-corrected chi connectivity index (χ1v) is 20.8. The lowest BCUT2D eigenvalue weighted by atomic mass is 9.97. The van der Waals surface area contributed by atoms with Gasteiger partial charge in [-0.15, -0.1) is 0 Å². The minimum atomic E-state index is 0.671. The van der Waals surface area contributed by atoms with Crippen molar-refractivity contribution < 1.29 is 0 Å². The molecule has 0 aliphatic heterocycles. The first kappa shape index (κ1) is 36.1. The van der Waals surface area contributed by atoms with E-state index in [9.17, 15) is 0 Å². The van der Waals surface area contributed by atoms with Gasteiger partial charge in [-0.3, -0.25) is 4.57 Å². The van der Waals surface area contributed by atoms with E-state index in [-0.39, 0.29) is 0 Å². The van der Waals surface area contributed by atoms with Crippen molar-refractivity contribution in [1.29, 1.82) is 0 Å². The molecule has 0 radical (unpaired) electrons. The first-order chi connectivity index (χ1) is 30.2. The number of benzene rings is 8. The minimum absolute atomic E-state index is 0.671. The molecular formula is C56H39N5. The molecule has 11 rings (SSSR count). The maximum atomic E-state index is 5.36. The quantitative estimate of drug-likeness (QED) is 0.144. The summed E-state index contributed by atoms with van der Waals surface area (Å²) >= 11 is 0. The molecule has 3 heterocycles. The number of aryl methyl sites for hydroxylation is 1. The topological polar surface area (TPSA) is 56.5 Å². The zero-order chi connectivity index (χ0) is 40.7. The van der Waals surface area contributed by atoms with Gasteiger partial charge >= 0.3 is 0 Å². The normalized spacial score (nSPS) is 11.4. The lowest BCUT2D eigenvalue weighted by Crippen LogP contribution is -1.99. The molecule has 288 valence electrons. The number of para-hydroxylation sites is 2. The Morgan fingerprint density at radius 2 is 0.951 bits per heavy atom. The summed E-state index contributed by atoms with van der Waals surface area (Å²) < 4.78 is 2.28. The van der Waals surface area contributed by atoms with Crippen molar-refractivity contribution in [3.05, 3.63) is 212 Å². The second kappa shape index (κ2) is 15.3. The number of hydrogen-bond acceptors (Lipinski definition) is 4. The maximum absolute atomic E-state index is 5.36. The van der Waals surface area contributed by atoms with Crippen molar-refractivity contribution in [2.75, 3.05) is 0 Å². The Bertz CT molecular complexity index is 3270. The van der Waals surface area contributed by atoms with E-state index in [1.54, 1.807) is 0 Å². The summed E-state index contributed by atoms with van der Waals surface area (Å²) in [6.07, 6.45) is 0.798. The molecule has 5 nitrogen and oxygen atoms in total. The highest BCUT2D eigenvalue weighted by atomic mass is 15.1. The van der Waals surface area contributed by atoms with Gasteiger partial charge in [-0.25, -0.2) is 19.9 Å². The van der Waals surface area contributed by atoms with Crippen molar-refractivity contribution >= 4 is 32.7 Å². The molecule has 0 saturated carbocycles. The van der Waals surface area contributed by atoms with Crippen molar-refractivity contribution in [3.8, 4) is 73.1 Å². The van der Waals surface area contributed by atoms with E-state index >= 15 is 0 Å². The zero-order valence-corrected chi connectivity index (χ0v) is 33.6. The molecular weight excluding hydrogens is 743 g/mol. The van der Waals surface area contributed by atoms with Crippen LogP contribution in [0.5, 0.6) is 0 Å². The Kier molecular flexibility index (Phi) is 9.05. The van der Waals surface area contributed by atoms with Gasteiger partial charge in [0.25, 0.3) is 0 Å². The van der Waals surface area contributed by atoms with E-state index in [1.165, 1.54) is 0 Å². The van der Waals surface area contributed by atoms with Crippen LogP contribution in [0.1, 0.15) is 12.7 Å². The summed E-state index contributed by atoms with van der Waals surface area (Å²) in [7, 11) is 0. The fourth-order valence-corrected chi connectivity index (χ4v) is 8.57. The van der Waals surface area contributed by atoms with E-state index in [0.29, 0.717) is 5.82 Å². The lowest BCUT2D eigenvalue weighted by Gasteiger charge is -2.13. The molecule has 5 heteroatoms. The van der Waals surface area contributed by atoms with Crippen LogP contribution in [-0.4, -0.2) is 24.5 Å². The molecule has 61 heavy (non-hydrogen) atoms. The second-order valence-corrected chi connectivity index (χ2v) is 15.3. The monoisotopic (exact) mass is 781 g/mol. The van der Waals surface area contributed by atoms with E-state index < -0.39 is 0 Å². The number of pyridine rings is 1. The molecule has 11 aromatic rings. The number of rotatable bonds is 8. The Morgan fingerprint density at radius 1 is 0.393 bits per heavy atom. The molecule has 0 saturated heterocycles. The summed E-state index contributed by atoms with van der Waals surface area (Å²) in [5.41, 5.74) is 15.2. The van der Waals surface area contributed by atoms with Crippen LogP contribution in [0.2, 0.25) is 0 Å². The molecule has 0 unspecified atom stereocenters. The SMILES string of the molecule is CCc1nc2c3c(-c4ccc(-c5cc(-c6cccc(-c7ccccc7)c6)nc(-c6cccc(-c7ccccc7)c6)n5)cc4)nc4ccccc4c3ccc2n1-c1ccccc1. The molecule has 8 aromatic carbocycles. The highest BCUT2D eigenvalue weighted by molar-refractivity contribution is 6.20. The Morgan fingerprint density at radius 3 is 1.64 bits per heavy atom. The van der Waals surface area contributed by atoms with Crippen molar-refractivity contribution in [3.63, 3.8) is 0 Å². The Labute approximate surface area is 354 Å². The fourth-order valence-electron chi connectivity index (χ4n) is 8.57. The summed E-state index contributed by atoms with van der Waals surface area (Å²) in [5.74, 6) is 1.69. The molecule has 0 spiro atoms. The Balaban J connectivity index is 1.07. The van der Waals surface area contributed by atoms with Gasteiger partial charge in [0.05, 0.1) is 33.6 Å². The van der Waals surface area contributed by atoms with Gasteiger partial charge < -0.3 is 0 Å². The van der Waals surface area contributed by atoms with Crippen LogP contribution < -0.4 is 0 Å². The van der Waals surface area contributed by atoms with Gasteiger partial charge in [0.2, 0.25) is 0 Å². The number of nitrogens with zero attached hydrogens (tertiary/aromatic N) is 5. The number of fused-ring (bicyclic) bond motifs is 5. The predicted octanol–water partition coefficient (Wildman–Crippen LogP) is 14.1. The van der Waals surface area contributed by atoms with E-state index in [2.05, 4.69) is 206 Å². The second-order valence-electron chi connectivity index (χ2n) is 15.3. The van der Waals surface area contributed by atoms with Crippen LogP contribution in [0.25, 0.3) is 106 Å². The third-order valence-corrected chi connectivity index (χ3v) is 11.6. The van der Waals surface area contributed by atoms with E-state index in [1.807, 2.05) is 12.1 Å². The molecule has 0 bridgehead atoms. The third-order valence-electron chi connectivity index (χ3n) is 11.6. The first-order valence-electron chi connectivity index (χ1n) is 20.8. The molecule has 0 fully saturated rings. The van der Waals surface area contributed by atoms with Crippen LogP contribution in [0.15, 0.2) is 206 Å². The standard InChI is InChI=1S/C56H39N5/c1-2-52-60-55-51(61(52)45-24-10-5-11-25-45)33-32-47-46-26-12-13-27-48(46)57-54(53(47)55)40-30-28-39(29-31-40)49-36-50(43-22-14-20-41(34-43)37-16-6-3-7-17-37)59-56(58-49)44-23-15-21-42(35-44)38-18-8-4-9-19-38/h3-36H,2H2,1H3. The van der Waals surface area contributed by atoms with Gasteiger partial charge in [0.15, 0.2) is 5.82 Å². The van der Waals surface area contributed by atoms with E-state index in [4.69, 9.17) is 19.9 Å². The van der Waals surface area contributed by atoms with Gasteiger partial charge in [-0.05, 0) is 70.1 Å². The number of aromatic nitrogens is 5. The zero-order valence-electron chi connectivity index (χ0n) is 33.6. The molecule has 0 atom stereocenters. The largest absolute Gasteiger partial charge is 0.296 e. The molecule has 0 aliphatic rings. The fraction of sp³-hybridized carbons (Fsp3) is 0.0357. The highest BCUT2D eigenvalue weighted by Crippen LogP contribution is 2.39. The average Bonchev–Trinajstić information content (AvgIpc) is 3.74. The molecule has 0 amide bonds. The van der Waals surface area contributed by atoms with Crippen molar-refractivity contribution in [1.82, 2.24) is 24.5 Å². The van der Waals surface area contributed by atoms with Crippen LogP contribution in [0.3, 0.4) is 0 Å². The summed E-state index contributed by atoms with van der Waals surface area (Å²) in [6.45, 7) is 2.17. The number of imidazole rings is 1.